The van der Waals surface area contributed by atoms with Crippen molar-refractivity contribution in [2.45, 2.75) is 6.54 Å². The fourth-order valence-corrected chi connectivity index (χ4v) is 3.42. The van der Waals surface area contributed by atoms with Crippen molar-refractivity contribution in [1.82, 2.24) is 9.80 Å². The van der Waals surface area contributed by atoms with Crippen LogP contribution in [0.2, 0.25) is 0 Å². The van der Waals surface area contributed by atoms with E-state index in [1.54, 1.807) is 0 Å². The highest BCUT2D eigenvalue weighted by atomic mass is 127. The number of hydrogen-bond acceptors (Lipinski definition) is 3. The first-order chi connectivity index (χ1) is 11.7. The monoisotopic (exact) mass is 435 g/mol. The van der Waals surface area contributed by atoms with E-state index in [0.29, 0.717) is 6.54 Å². The van der Waals surface area contributed by atoms with E-state index >= 15 is 0 Å². The van der Waals surface area contributed by atoms with E-state index in [2.05, 4.69) is 62.0 Å². The highest BCUT2D eigenvalue weighted by Crippen LogP contribution is 2.17. The molecule has 0 atom stereocenters. The van der Waals surface area contributed by atoms with Gasteiger partial charge in [0.05, 0.1) is 12.2 Å². The normalized spacial score (nSPS) is 16.0. The number of amides is 1. The number of nitrogens with one attached hydrogen (secondary N) is 1. The van der Waals surface area contributed by atoms with Crippen molar-refractivity contribution < 1.29 is 4.79 Å². The van der Waals surface area contributed by atoms with Gasteiger partial charge in [0.25, 0.3) is 0 Å². The van der Waals surface area contributed by atoms with Gasteiger partial charge in [-0.15, -0.1) is 0 Å². The molecule has 126 valence electrons. The van der Waals surface area contributed by atoms with Crippen LogP contribution < -0.4 is 5.32 Å². The molecule has 0 bridgehead atoms. The molecule has 0 aromatic heterocycles. The number of hydrogen-bond donors (Lipinski definition) is 1. The smallest absolute Gasteiger partial charge is 0.238 e. The molecule has 1 saturated heterocycles. The van der Waals surface area contributed by atoms with Crippen LogP contribution >= 0.6 is 22.6 Å². The SMILES string of the molecule is O=C(CN1CCN(Cc2ccccc2)CC1)Nc1ccccc1I. The number of carbonyl (C=O) groups excluding carboxylic acids is 1. The quantitative estimate of drug-likeness (QED) is 0.734. The summed E-state index contributed by atoms with van der Waals surface area (Å²) in [5.41, 5.74) is 2.24. The minimum atomic E-state index is 0.0654. The zero-order chi connectivity index (χ0) is 16.8. The molecule has 0 radical (unpaired) electrons. The molecular formula is C19H22IN3O. The summed E-state index contributed by atoms with van der Waals surface area (Å²) in [5.74, 6) is 0.0654. The largest absolute Gasteiger partial charge is 0.324 e. The Balaban J connectivity index is 1.43. The molecule has 0 spiro atoms. The van der Waals surface area contributed by atoms with Crippen molar-refractivity contribution in [2.75, 3.05) is 38.0 Å². The van der Waals surface area contributed by atoms with Gasteiger partial charge in [-0.25, -0.2) is 0 Å². The van der Waals surface area contributed by atoms with Gasteiger partial charge in [0.15, 0.2) is 0 Å². The molecule has 2 aromatic rings. The molecule has 1 amide bonds. The van der Waals surface area contributed by atoms with E-state index in [1.807, 2.05) is 30.3 Å². The van der Waals surface area contributed by atoms with Gasteiger partial charge in [-0.3, -0.25) is 14.6 Å². The first kappa shape index (κ1) is 17.4. The lowest BCUT2D eigenvalue weighted by Gasteiger charge is -2.34. The number of halogens is 1. The first-order valence-electron chi connectivity index (χ1n) is 8.24. The lowest BCUT2D eigenvalue weighted by molar-refractivity contribution is -0.117. The standard InChI is InChI=1S/C19H22IN3O/c20-17-8-4-5-9-18(17)21-19(24)15-23-12-10-22(11-13-23)14-16-6-2-1-3-7-16/h1-9H,10-15H2,(H,21,24). The molecule has 3 rings (SSSR count). The fourth-order valence-electron chi connectivity index (χ4n) is 2.90. The molecule has 0 aliphatic carbocycles. The van der Waals surface area contributed by atoms with Crippen LogP contribution in [0.5, 0.6) is 0 Å². The Morgan fingerprint density at radius 2 is 1.54 bits per heavy atom. The summed E-state index contributed by atoms with van der Waals surface area (Å²) in [6, 6.07) is 18.4. The minimum absolute atomic E-state index is 0.0654. The van der Waals surface area contributed by atoms with Gasteiger partial charge < -0.3 is 5.32 Å². The molecular weight excluding hydrogens is 413 g/mol. The Morgan fingerprint density at radius 1 is 0.917 bits per heavy atom. The predicted molar refractivity (Wildman–Crippen MR) is 106 cm³/mol. The van der Waals surface area contributed by atoms with Crippen molar-refractivity contribution in [2.24, 2.45) is 0 Å². The summed E-state index contributed by atoms with van der Waals surface area (Å²) in [6.07, 6.45) is 0. The lowest BCUT2D eigenvalue weighted by Crippen LogP contribution is -2.48. The van der Waals surface area contributed by atoms with Crippen molar-refractivity contribution in [3.05, 3.63) is 63.7 Å². The van der Waals surface area contributed by atoms with Crippen LogP contribution in [0.1, 0.15) is 5.56 Å². The van der Waals surface area contributed by atoms with E-state index in [9.17, 15) is 4.79 Å². The van der Waals surface area contributed by atoms with E-state index in [4.69, 9.17) is 0 Å². The van der Waals surface area contributed by atoms with Crippen molar-refractivity contribution >= 4 is 34.2 Å². The summed E-state index contributed by atoms with van der Waals surface area (Å²) in [7, 11) is 0. The average molecular weight is 435 g/mol. The number of para-hydroxylation sites is 1. The van der Waals surface area contributed by atoms with E-state index in [-0.39, 0.29) is 5.91 Å². The molecule has 1 fully saturated rings. The van der Waals surface area contributed by atoms with Crippen LogP contribution in [0.25, 0.3) is 0 Å². The number of piperazine rings is 1. The number of benzene rings is 2. The summed E-state index contributed by atoms with van der Waals surface area (Å²) in [5, 5.41) is 3.01. The maximum atomic E-state index is 12.2. The van der Waals surface area contributed by atoms with Gasteiger partial charge in [0.1, 0.15) is 0 Å². The van der Waals surface area contributed by atoms with Crippen molar-refractivity contribution in [3.63, 3.8) is 0 Å². The molecule has 0 unspecified atom stereocenters. The van der Waals surface area contributed by atoms with E-state index in [1.165, 1.54) is 5.56 Å². The molecule has 1 aliphatic rings. The Morgan fingerprint density at radius 3 is 2.25 bits per heavy atom. The van der Waals surface area contributed by atoms with Gasteiger partial charge in [0.2, 0.25) is 5.91 Å². The minimum Gasteiger partial charge on any atom is -0.324 e. The van der Waals surface area contributed by atoms with Crippen LogP contribution in [0.3, 0.4) is 0 Å². The Hall–Kier alpha value is -1.44. The fraction of sp³-hybridized carbons (Fsp3) is 0.316. The van der Waals surface area contributed by atoms with Gasteiger partial charge in [-0.1, -0.05) is 42.5 Å². The Labute approximate surface area is 157 Å². The summed E-state index contributed by atoms with van der Waals surface area (Å²) in [4.78, 5) is 16.9. The number of carbonyl (C=O) groups is 1. The molecule has 1 aliphatic heterocycles. The zero-order valence-electron chi connectivity index (χ0n) is 13.6. The zero-order valence-corrected chi connectivity index (χ0v) is 15.8. The highest BCUT2D eigenvalue weighted by molar-refractivity contribution is 14.1. The van der Waals surface area contributed by atoms with E-state index in [0.717, 1.165) is 42.0 Å². The molecule has 2 aromatic carbocycles. The maximum Gasteiger partial charge on any atom is 0.238 e. The van der Waals surface area contributed by atoms with E-state index < -0.39 is 0 Å². The third-order valence-corrected chi connectivity index (χ3v) is 5.17. The van der Waals surface area contributed by atoms with Crippen LogP contribution in [-0.2, 0) is 11.3 Å². The number of rotatable bonds is 5. The average Bonchev–Trinajstić information content (AvgIpc) is 2.60. The van der Waals surface area contributed by atoms with Crippen molar-refractivity contribution in [1.29, 1.82) is 0 Å². The number of nitrogens with zero attached hydrogens (tertiary/aromatic N) is 2. The second kappa shape index (κ2) is 8.60. The second-order valence-electron chi connectivity index (χ2n) is 6.07. The highest BCUT2D eigenvalue weighted by Gasteiger charge is 2.19. The molecule has 5 heteroatoms. The molecule has 4 nitrogen and oxygen atoms in total. The Bertz CT molecular complexity index is 669. The lowest BCUT2D eigenvalue weighted by atomic mass is 10.2. The molecule has 1 heterocycles. The topological polar surface area (TPSA) is 35.6 Å². The number of anilines is 1. The molecule has 0 saturated carbocycles. The predicted octanol–water partition coefficient (Wildman–Crippen LogP) is 3.05. The first-order valence-corrected chi connectivity index (χ1v) is 9.31. The maximum absolute atomic E-state index is 12.2. The van der Waals surface area contributed by atoms with Gasteiger partial charge >= 0.3 is 0 Å². The van der Waals surface area contributed by atoms with Gasteiger partial charge in [-0.05, 0) is 40.3 Å². The van der Waals surface area contributed by atoms with Crippen LogP contribution in [0, 0.1) is 3.57 Å². The molecule has 1 N–H and O–H groups in total. The third-order valence-electron chi connectivity index (χ3n) is 4.23. The summed E-state index contributed by atoms with van der Waals surface area (Å²) < 4.78 is 1.07. The summed E-state index contributed by atoms with van der Waals surface area (Å²) >= 11 is 2.24. The third kappa shape index (κ3) is 5.03. The molecule has 24 heavy (non-hydrogen) atoms. The van der Waals surface area contributed by atoms with Gasteiger partial charge in [0, 0.05) is 36.3 Å². The summed E-state index contributed by atoms with van der Waals surface area (Å²) in [6.45, 7) is 5.33. The Kier molecular flexibility index (Phi) is 6.23. The van der Waals surface area contributed by atoms with Crippen molar-refractivity contribution in [3.8, 4) is 0 Å². The van der Waals surface area contributed by atoms with Crippen LogP contribution in [0.4, 0.5) is 5.69 Å². The van der Waals surface area contributed by atoms with Crippen LogP contribution in [0.15, 0.2) is 54.6 Å². The van der Waals surface area contributed by atoms with Gasteiger partial charge in [-0.2, -0.15) is 0 Å². The van der Waals surface area contributed by atoms with Crippen LogP contribution in [-0.4, -0.2) is 48.4 Å². The second-order valence-corrected chi connectivity index (χ2v) is 7.23.